The first kappa shape index (κ1) is 17.8. The summed E-state index contributed by atoms with van der Waals surface area (Å²) in [5.74, 6) is 0.882. The summed E-state index contributed by atoms with van der Waals surface area (Å²) in [5, 5.41) is 2.90. The Balaban J connectivity index is 1.53. The topological polar surface area (TPSA) is 76.1 Å². The van der Waals surface area contributed by atoms with Crippen LogP contribution >= 0.6 is 0 Å². The number of carbonyl (C=O) groups is 1. The third-order valence-electron chi connectivity index (χ3n) is 4.52. The van der Waals surface area contributed by atoms with Gasteiger partial charge >= 0.3 is 5.69 Å². The van der Waals surface area contributed by atoms with Gasteiger partial charge in [0, 0.05) is 19.5 Å². The molecule has 0 fully saturated rings. The van der Waals surface area contributed by atoms with Gasteiger partial charge in [-0.2, -0.15) is 0 Å². The van der Waals surface area contributed by atoms with Crippen LogP contribution in [0.4, 0.5) is 0 Å². The summed E-state index contributed by atoms with van der Waals surface area (Å²) < 4.78 is 6.79. The quantitative estimate of drug-likeness (QED) is 0.686. The Kier molecular flexibility index (Phi) is 5.41. The van der Waals surface area contributed by atoms with Crippen LogP contribution in [0.25, 0.3) is 11.0 Å². The zero-order chi connectivity index (χ0) is 18.5. The van der Waals surface area contributed by atoms with Gasteiger partial charge < -0.3 is 15.0 Å². The number of aromatic amines is 1. The van der Waals surface area contributed by atoms with Crippen molar-refractivity contribution in [1.82, 2.24) is 14.9 Å². The fraction of sp³-hybridized carbons (Fsp3) is 0.300. The lowest BCUT2D eigenvalue weighted by molar-refractivity contribution is -0.121. The van der Waals surface area contributed by atoms with E-state index >= 15 is 0 Å². The van der Waals surface area contributed by atoms with E-state index in [1.807, 2.05) is 55.5 Å². The van der Waals surface area contributed by atoms with Gasteiger partial charge in [-0.15, -0.1) is 0 Å². The maximum absolute atomic E-state index is 12.2. The predicted octanol–water partition coefficient (Wildman–Crippen LogP) is 2.65. The molecule has 1 amide bonds. The SMILES string of the molecule is COc1ccc(C(C)CC(=O)NCCn2c(=O)[nH]c3ccccc32)cc1. The van der Waals surface area contributed by atoms with Gasteiger partial charge in [-0.25, -0.2) is 4.79 Å². The molecule has 3 aromatic rings. The Labute approximate surface area is 151 Å². The second kappa shape index (κ2) is 7.91. The molecule has 136 valence electrons. The number of nitrogens with zero attached hydrogens (tertiary/aromatic N) is 1. The monoisotopic (exact) mass is 353 g/mol. The van der Waals surface area contributed by atoms with Crippen LogP contribution in [0.5, 0.6) is 5.75 Å². The highest BCUT2D eigenvalue weighted by molar-refractivity contribution is 5.77. The molecule has 1 unspecified atom stereocenters. The summed E-state index contributed by atoms with van der Waals surface area (Å²) in [6.07, 6.45) is 0.398. The number of methoxy groups -OCH3 is 1. The molecule has 0 aliphatic rings. The zero-order valence-electron chi connectivity index (χ0n) is 15.0. The third-order valence-corrected chi connectivity index (χ3v) is 4.52. The van der Waals surface area contributed by atoms with Crippen molar-refractivity contribution in [2.75, 3.05) is 13.7 Å². The zero-order valence-corrected chi connectivity index (χ0v) is 15.0. The fourth-order valence-electron chi connectivity index (χ4n) is 3.04. The summed E-state index contributed by atoms with van der Waals surface area (Å²) in [5.41, 5.74) is 2.58. The van der Waals surface area contributed by atoms with Crippen LogP contribution in [0, 0.1) is 0 Å². The van der Waals surface area contributed by atoms with Gasteiger partial charge in [0.25, 0.3) is 0 Å². The smallest absolute Gasteiger partial charge is 0.326 e. The van der Waals surface area contributed by atoms with E-state index in [4.69, 9.17) is 4.74 Å². The van der Waals surface area contributed by atoms with Gasteiger partial charge in [-0.05, 0) is 35.7 Å². The van der Waals surface area contributed by atoms with Crippen LogP contribution in [0.1, 0.15) is 24.8 Å². The highest BCUT2D eigenvalue weighted by atomic mass is 16.5. The first-order valence-electron chi connectivity index (χ1n) is 8.66. The van der Waals surface area contributed by atoms with Crippen molar-refractivity contribution in [3.05, 3.63) is 64.6 Å². The molecular formula is C20H23N3O3. The number of imidazole rings is 1. The first-order valence-corrected chi connectivity index (χ1v) is 8.66. The predicted molar refractivity (Wildman–Crippen MR) is 102 cm³/mol. The third kappa shape index (κ3) is 3.96. The van der Waals surface area contributed by atoms with E-state index < -0.39 is 0 Å². The van der Waals surface area contributed by atoms with Crippen molar-refractivity contribution in [2.45, 2.75) is 25.8 Å². The van der Waals surface area contributed by atoms with E-state index in [0.29, 0.717) is 19.5 Å². The van der Waals surface area contributed by atoms with Gasteiger partial charge in [0.15, 0.2) is 0 Å². The molecule has 1 aromatic heterocycles. The highest BCUT2D eigenvalue weighted by Gasteiger charge is 2.12. The van der Waals surface area contributed by atoms with Crippen molar-refractivity contribution in [2.24, 2.45) is 0 Å². The Morgan fingerprint density at radius 1 is 1.19 bits per heavy atom. The van der Waals surface area contributed by atoms with Crippen LogP contribution in [-0.4, -0.2) is 29.1 Å². The van der Waals surface area contributed by atoms with Gasteiger partial charge in [0.1, 0.15) is 5.75 Å². The lowest BCUT2D eigenvalue weighted by atomic mass is 9.97. The second-order valence-electron chi connectivity index (χ2n) is 6.33. The van der Waals surface area contributed by atoms with Crippen LogP contribution in [0.15, 0.2) is 53.3 Å². The van der Waals surface area contributed by atoms with Gasteiger partial charge in [0.2, 0.25) is 5.91 Å². The maximum atomic E-state index is 12.2. The number of H-pyrrole nitrogens is 1. The molecule has 0 saturated heterocycles. The van der Waals surface area contributed by atoms with E-state index in [0.717, 1.165) is 22.3 Å². The van der Waals surface area contributed by atoms with E-state index in [-0.39, 0.29) is 17.5 Å². The highest BCUT2D eigenvalue weighted by Crippen LogP contribution is 2.21. The van der Waals surface area contributed by atoms with E-state index in [2.05, 4.69) is 10.3 Å². The summed E-state index contributed by atoms with van der Waals surface area (Å²) in [6, 6.07) is 15.3. The molecule has 0 aliphatic heterocycles. The number of benzene rings is 2. The Morgan fingerprint density at radius 3 is 2.65 bits per heavy atom. The number of carbonyl (C=O) groups excluding carboxylic acids is 1. The molecule has 6 heteroatoms. The largest absolute Gasteiger partial charge is 0.497 e. The summed E-state index contributed by atoms with van der Waals surface area (Å²) >= 11 is 0. The number of ether oxygens (including phenoxy) is 1. The molecule has 0 radical (unpaired) electrons. The molecule has 6 nitrogen and oxygen atoms in total. The number of para-hydroxylation sites is 2. The molecule has 1 heterocycles. The second-order valence-corrected chi connectivity index (χ2v) is 6.33. The lowest BCUT2D eigenvalue weighted by Gasteiger charge is -2.13. The molecule has 2 aromatic carbocycles. The lowest BCUT2D eigenvalue weighted by Crippen LogP contribution is -2.30. The van der Waals surface area contributed by atoms with E-state index in [1.165, 1.54) is 0 Å². The van der Waals surface area contributed by atoms with Crippen LogP contribution in [0.2, 0.25) is 0 Å². The average molecular weight is 353 g/mol. The average Bonchev–Trinajstić information content (AvgIpc) is 2.97. The van der Waals surface area contributed by atoms with Crippen LogP contribution < -0.4 is 15.7 Å². The number of fused-ring (bicyclic) bond motifs is 1. The Bertz CT molecular complexity index is 941. The van der Waals surface area contributed by atoms with Crippen LogP contribution in [0.3, 0.4) is 0 Å². The Hall–Kier alpha value is -3.02. The molecule has 0 spiro atoms. The molecule has 0 bridgehead atoms. The minimum atomic E-state index is -0.160. The number of rotatable bonds is 7. The summed E-state index contributed by atoms with van der Waals surface area (Å²) in [4.78, 5) is 27.0. The number of hydrogen-bond donors (Lipinski definition) is 2. The molecule has 1 atom stereocenters. The normalized spacial score (nSPS) is 12.1. The molecule has 0 saturated carbocycles. The molecule has 26 heavy (non-hydrogen) atoms. The summed E-state index contributed by atoms with van der Waals surface area (Å²) in [7, 11) is 1.63. The van der Waals surface area contributed by atoms with Gasteiger partial charge in [-0.3, -0.25) is 9.36 Å². The van der Waals surface area contributed by atoms with Crippen molar-refractivity contribution in [1.29, 1.82) is 0 Å². The summed E-state index contributed by atoms with van der Waals surface area (Å²) in [6.45, 7) is 2.87. The van der Waals surface area contributed by atoms with Crippen LogP contribution in [-0.2, 0) is 11.3 Å². The minimum Gasteiger partial charge on any atom is -0.497 e. The first-order chi connectivity index (χ1) is 12.6. The molecule has 3 rings (SSSR count). The van der Waals surface area contributed by atoms with E-state index in [1.54, 1.807) is 11.7 Å². The molecular weight excluding hydrogens is 330 g/mol. The number of hydrogen-bond acceptors (Lipinski definition) is 3. The van der Waals surface area contributed by atoms with Gasteiger partial charge in [0.05, 0.1) is 18.1 Å². The fourth-order valence-corrected chi connectivity index (χ4v) is 3.04. The minimum absolute atomic E-state index is 0.0267. The Morgan fingerprint density at radius 2 is 1.92 bits per heavy atom. The van der Waals surface area contributed by atoms with Crippen molar-refractivity contribution >= 4 is 16.9 Å². The van der Waals surface area contributed by atoms with Crippen molar-refractivity contribution < 1.29 is 9.53 Å². The van der Waals surface area contributed by atoms with Crippen molar-refractivity contribution in [3.63, 3.8) is 0 Å². The number of aromatic nitrogens is 2. The number of nitrogens with one attached hydrogen (secondary N) is 2. The maximum Gasteiger partial charge on any atom is 0.326 e. The molecule has 0 aliphatic carbocycles. The molecule has 2 N–H and O–H groups in total. The van der Waals surface area contributed by atoms with E-state index in [9.17, 15) is 9.59 Å². The van der Waals surface area contributed by atoms with Gasteiger partial charge in [-0.1, -0.05) is 31.2 Å². The van der Waals surface area contributed by atoms with Crippen molar-refractivity contribution in [3.8, 4) is 5.75 Å². The number of amides is 1. The standard InChI is InChI=1S/C20H23N3O3/c1-14(15-7-9-16(26-2)10-8-15)13-19(24)21-11-12-23-18-6-4-3-5-17(18)22-20(23)25/h3-10,14H,11-13H2,1-2H3,(H,21,24)(H,22,25).